The second-order valence-corrected chi connectivity index (χ2v) is 12.6. The van der Waals surface area contributed by atoms with Crippen LogP contribution in [0.2, 0.25) is 0 Å². The summed E-state index contributed by atoms with van der Waals surface area (Å²) < 4.78 is 40.6. The summed E-state index contributed by atoms with van der Waals surface area (Å²) >= 11 is -2.47. The first-order chi connectivity index (χ1) is 20.7. The molecule has 11 heteroatoms. The van der Waals surface area contributed by atoms with Crippen molar-refractivity contribution in [3.8, 4) is 16.9 Å². The molecule has 10 nitrogen and oxygen atoms in total. The number of methoxy groups -OCH3 is 1. The fourth-order valence-corrected chi connectivity index (χ4v) is 5.83. The van der Waals surface area contributed by atoms with Crippen molar-refractivity contribution in [3.63, 3.8) is 0 Å². The van der Waals surface area contributed by atoms with Gasteiger partial charge in [0.15, 0.2) is 5.76 Å². The van der Waals surface area contributed by atoms with Crippen LogP contribution in [0.15, 0.2) is 65.1 Å². The molecule has 1 aromatic heterocycles. The van der Waals surface area contributed by atoms with E-state index >= 15 is 0 Å². The number of rotatable bonds is 10. The Morgan fingerprint density at radius 3 is 2.09 bits per heavy atom. The van der Waals surface area contributed by atoms with E-state index in [9.17, 15) is 23.5 Å². The number of furan rings is 1. The molecule has 4 rings (SSSR count). The van der Waals surface area contributed by atoms with Gasteiger partial charge in [-0.05, 0) is 81.1 Å². The summed E-state index contributed by atoms with van der Waals surface area (Å²) in [4.78, 5) is 26.1. The van der Waals surface area contributed by atoms with Crippen molar-refractivity contribution in [2.45, 2.75) is 59.8 Å². The van der Waals surface area contributed by atoms with Gasteiger partial charge in [0.1, 0.15) is 23.0 Å². The molecule has 0 bridgehead atoms. The van der Waals surface area contributed by atoms with Crippen LogP contribution in [-0.2, 0) is 27.4 Å². The average molecular weight is 623 g/mol. The number of amides is 1. The van der Waals surface area contributed by atoms with Crippen molar-refractivity contribution in [1.29, 1.82) is 0 Å². The number of fused-ring (bicyclic) bond motifs is 1. The lowest BCUT2D eigenvalue weighted by molar-refractivity contribution is -0.157. The predicted molar refractivity (Wildman–Crippen MR) is 171 cm³/mol. The monoisotopic (exact) mass is 622 g/mol. The van der Waals surface area contributed by atoms with Crippen molar-refractivity contribution in [2.75, 3.05) is 16.7 Å². The minimum absolute atomic E-state index is 0.143. The van der Waals surface area contributed by atoms with Gasteiger partial charge in [-0.15, -0.1) is 0 Å². The predicted octanol–water partition coefficient (Wildman–Crippen LogP) is 6.47. The highest BCUT2D eigenvalue weighted by atomic mass is 32.2. The number of carbonyl (C=O) groups is 2. The van der Waals surface area contributed by atoms with Crippen LogP contribution >= 0.6 is 0 Å². The second-order valence-electron chi connectivity index (χ2n) is 11.7. The van der Waals surface area contributed by atoms with Gasteiger partial charge in [-0.2, -0.15) is 0 Å². The molecule has 0 aliphatic carbocycles. The summed E-state index contributed by atoms with van der Waals surface area (Å²) in [6, 6.07) is 16.6. The average Bonchev–Trinajstić information content (AvgIpc) is 3.30. The van der Waals surface area contributed by atoms with E-state index in [0.717, 1.165) is 15.4 Å². The van der Waals surface area contributed by atoms with Gasteiger partial charge in [-0.25, -0.2) is 9.00 Å². The zero-order valence-electron chi connectivity index (χ0n) is 25.8. The second kappa shape index (κ2) is 13.2. The van der Waals surface area contributed by atoms with Gasteiger partial charge in [-0.1, -0.05) is 38.1 Å². The summed E-state index contributed by atoms with van der Waals surface area (Å²) in [6.07, 6.45) is 0. The number of aliphatic hydroxyl groups is 1. The third kappa shape index (κ3) is 6.96. The third-order valence-electron chi connectivity index (χ3n) is 7.01. The van der Waals surface area contributed by atoms with Crippen LogP contribution in [0.5, 0.6) is 5.75 Å². The van der Waals surface area contributed by atoms with Crippen molar-refractivity contribution in [3.05, 3.63) is 77.6 Å². The summed E-state index contributed by atoms with van der Waals surface area (Å²) in [5, 5.41) is 13.1. The van der Waals surface area contributed by atoms with Crippen LogP contribution in [0.1, 0.15) is 56.3 Å². The molecule has 4 aromatic rings. The fourth-order valence-electron chi connectivity index (χ4n) is 5.01. The Hall–Kier alpha value is -4.19. The van der Waals surface area contributed by atoms with Crippen LogP contribution in [0.3, 0.4) is 0 Å². The molecule has 0 saturated carbocycles. The van der Waals surface area contributed by atoms with Gasteiger partial charge in [-0.3, -0.25) is 13.7 Å². The Morgan fingerprint density at radius 2 is 1.59 bits per heavy atom. The molecule has 0 aliphatic heterocycles. The van der Waals surface area contributed by atoms with Crippen molar-refractivity contribution in [2.24, 2.45) is 5.92 Å². The number of esters is 1. The quantitative estimate of drug-likeness (QED) is 0.135. The van der Waals surface area contributed by atoms with E-state index in [0.29, 0.717) is 39.2 Å². The molecule has 1 amide bonds. The fraction of sp³-hybridized carbons (Fsp3) is 0.333. The van der Waals surface area contributed by atoms with Crippen LogP contribution in [0, 0.1) is 12.8 Å². The first kappa shape index (κ1) is 32.7. The zero-order valence-corrected chi connectivity index (χ0v) is 26.7. The minimum atomic E-state index is -2.47. The number of carbonyl (C=O) groups excluding carboxylic acids is 2. The van der Waals surface area contributed by atoms with Gasteiger partial charge in [0.2, 0.25) is 0 Å². The number of anilines is 2. The SMILES string of the molecule is COc1c(CO)ccc2oc(C(=O)Nc3ccc(-c4ccc(N(C(C(=O)OC(C)(C)C)C(C)C)S(=O)O)cc4)cc3)c(C)c12. The van der Waals surface area contributed by atoms with Gasteiger partial charge in [0.05, 0.1) is 24.8 Å². The molecule has 0 spiro atoms. The molecule has 3 aromatic carbocycles. The molecule has 44 heavy (non-hydrogen) atoms. The molecular formula is C33H38N2O8S. The molecule has 1 heterocycles. The number of ether oxygens (including phenoxy) is 2. The lowest BCUT2D eigenvalue weighted by Crippen LogP contribution is -2.48. The molecule has 0 saturated heterocycles. The maximum Gasteiger partial charge on any atom is 0.330 e. The molecular weight excluding hydrogens is 584 g/mol. The van der Waals surface area contributed by atoms with Crippen LogP contribution in [0.25, 0.3) is 22.1 Å². The molecule has 3 N–H and O–H groups in total. The number of nitrogens with zero attached hydrogens (tertiary/aromatic N) is 1. The van der Waals surface area contributed by atoms with E-state index in [2.05, 4.69) is 5.32 Å². The van der Waals surface area contributed by atoms with Gasteiger partial charge >= 0.3 is 5.97 Å². The number of benzene rings is 3. The molecule has 0 radical (unpaired) electrons. The van der Waals surface area contributed by atoms with E-state index in [1.165, 1.54) is 7.11 Å². The lowest BCUT2D eigenvalue weighted by Gasteiger charge is -2.33. The summed E-state index contributed by atoms with van der Waals surface area (Å²) in [5.74, 6) is -0.691. The lowest BCUT2D eigenvalue weighted by atomic mass is 10.0. The van der Waals surface area contributed by atoms with Crippen molar-refractivity contribution >= 4 is 45.5 Å². The molecule has 0 aliphatic rings. The largest absolute Gasteiger partial charge is 0.496 e. The highest BCUT2D eigenvalue weighted by Gasteiger charge is 2.36. The van der Waals surface area contributed by atoms with Gasteiger partial charge < -0.3 is 24.3 Å². The third-order valence-corrected chi connectivity index (χ3v) is 7.78. The van der Waals surface area contributed by atoms with E-state index in [1.807, 2.05) is 12.1 Å². The molecule has 0 fully saturated rings. The van der Waals surface area contributed by atoms with Gasteiger partial charge in [0.25, 0.3) is 17.2 Å². The molecule has 2 atom stereocenters. The van der Waals surface area contributed by atoms with Crippen molar-refractivity contribution < 1.29 is 37.3 Å². The zero-order chi connectivity index (χ0) is 32.3. The topological polar surface area (TPSA) is 139 Å². The Kier molecular flexibility index (Phi) is 9.82. The number of nitrogens with one attached hydrogen (secondary N) is 1. The molecule has 234 valence electrons. The highest BCUT2D eigenvalue weighted by Crippen LogP contribution is 2.36. The summed E-state index contributed by atoms with van der Waals surface area (Å²) in [6.45, 7) is 10.4. The highest BCUT2D eigenvalue weighted by molar-refractivity contribution is 7.80. The Balaban J connectivity index is 1.53. The summed E-state index contributed by atoms with van der Waals surface area (Å²) in [7, 11) is 1.51. The van der Waals surface area contributed by atoms with Crippen LogP contribution in [0.4, 0.5) is 11.4 Å². The first-order valence-electron chi connectivity index (χ1n) is 14.1. The number of aryl methyl sites for hydroxylation is 1. The van der Waals surface area contributed by atoms with E-state index in [1.54, 1.807) is 90.1 Å². The number of hydrogen-bond donors (Lipinski definition) is 3. The Bertz CT molecular complexity index is 1670. The number of hydrogen-bond acceptors (Lipinski definition) is 7. The van der Waals surface area contributed by atoms with Crippen molar-refractivity contribution in [1.82, 2.24) is 0 Å². The van der Waals surface area contributed by atoms with E-state index < -0.39 is 34.8 Å². The Labute approximate surface area is 259 Å². The number of aliphatic hydroxyl groups excluding tert-OH is 1. The van der Waals surface area contributed by atoms with E-state index in [4.69, 9.17) is 13.9 Å². The maximum absolute atomic E-state index is 13.1. The standard InChI is InChI=1S/C33H38N2O8S/c1-19(2)28(32(38)43-33(4,5)6)35(44(39)40)25-15-10-22(11-16-25)21-8-13-24(14-9-21)34-31(37)29-20(3)27-26(42-29)17-12-23(18-36)30(27)41-7/h8-17,19,28,36H,18H2,1-7H3,(H,34,37)(H,39,40). The Morgan fingerprint density at radius 1 is 1.00 bits per heavy atom. The molecule has 2 unspecified atom stereocenters. The summed E-state index contributed by atoms with van der Waals surface area (Å²) in [5.41, 5.74) is 3.56. The van der Waals surface area contributed by atoms with Crippen LogP contribution in [-0.4, -0.2) is 44.5 Å². The van der Waals surface area contributed by atoms with Gasteiger partial charge in [0, 0.05) is 16.8 Å². The normalized spacial score (nSPS) is 13.0. The van der Waals surface area contributed by atoms with E-state index in [-0.39, 0.29) is 18.3 Å². The first-order valence-corrected chi connectivity index (χ1v) is 15.2. The van der Waals surface area contributed by atoms with Crippen LogP contribution < -0.4 is 14.4 Å². The minimum Gasteiger partial charge on any atom is -0.496 e. The smallest absolute Gasteiger partial charge is 0.330 e. The maximum atomic E-state index is 13.1.